The van der Waals surface area contributed by atoms with Gasteiger partial charge in [0.05, 0.1) is 11.7 Å². The molecule has 18 heavy (non-hydrogen) atoms. The van der Waals surface area contributed by atoms with Crippen molar-refractivity contribution in [2.75, 3.05) is 5.32 Å². The second kappa shape index (κ2) is 4.58. The summed E-state index contributed by atoms with van der Waals surface area (Å²) < 4.78 is 0. The molecule has 0 bridgehead atoms. The summed E-state index contributed by atoms with van der Waals surface area (Å²) in [5, 5.41) is 3.81. The van der Waals surface area contributed by atoms with E-state index in [0.717, 1.165) is 16.7 Å². The molecule has 0 saturated carbocycles. The SMILES string of the molecule is Clc1ccc(Nc2ncc3ncccc3n2)cc1. The van der Waals surface area contributed by atoms with E-state index in [1.165, 1.54) is 0 Å². The molecule has 2 heterocycles. The zero-order valence-electron chi connectivity index (χ0n) is 9.34. The Hall–Kier alpha value is -2.20. The van der Waals surface area contributed by atoms with Crippen molar-refractivity contribution in [1.82, 2.24) is 15.0 Å². The maximum atomic E-state index is 5.83. The third kappa shape index (κ3) is 2.24. The summed E-state index contributed by atoms with van der Waals surface area (Å²) in [5.74, 6) is 0.540. The first-order chi connectivity index (χ1) is 8.81. The lowest BCUT2D eigenvalue weighted by Gasteiger charge is -2.05. The molecule has 4 nitrogen and oxygen atoms in total. The summed E-state index contributed by atoms with van der Waals surface area (Å²) in [4.78, 5) is 12.8. The highest BCUT2D eigenvalue weighted by molar-refractivity contribution is 6.30. The van der Waals surface area contributed by atoms with Crippen LogP contribution < -0.4 is 5.32 Å². The summed E-state index contributed by atoms with van der Waals surface area (Å²) in [6, 6.07) is 11.1. The standard InChI is InChI=1S/C13H9ClN4/c14-9-3-5-10(6-4-9)17-13-16-8-12-11(18-13)2-1-7-15-12/h1-8H,(H,16,17,18). The summed E-state index contributed by atoms with van der Waals surface area (Å²) in [5.41, 5.74) is 2.48. The van der Waals surface area contributed by atoms with Crippen molar-refractivity contribution in [1.29, 1.82) is 0 Å². The number of fused-ring (bicyclic) bond motifs is 1. The van der Waals surface area contributed by atoms with Crippen LogP contribution in [-0.2, 0) is 0 Å². The molecule has 0 atom stereocenters. The monoisotopic (exact) mass is 256 g/mol. The highest BCUT2D eigenvalue weighted by Crippen LogP contribution is 2.17. The minimum absolute atomic E-state index is 0.540. The molecule has 0 fully saturated rings. The van der Waals surface area contributed by atoms with Gasteiger partial charge in [0.1, 0.15) is 5.52 Å². The van der Waals surface area contributed by atoms with Crippen LogP contribution in [0.15, 0.2) is 48.8 Å². The van der Waals surface area contributed by atoms with Gasteiger partial charge in [-0.15, -0.1) is 0 Å². The first-order valence-corrected chi connectivity index (χ1v) is 5.79. The molecular formula is C13H9ClN4. The first-order valence-electron chi connectivity index (χ1n) is 5.42. The van der Waals surface area contributed by atoms with Gasteiger partial charge in [-0.3, -0.25) is 4.98 Å². The van der Waals surface area contributed by atoms with Gasteiger partial charge in [0.15, 0.2) is 0 Å². The normalized spacial score (nSPS) is 10.5. The average Bonchev–Trinajstić information content (AvgIpc) is 2.41. The van der Waals surface area contributed by atoms with E-state index >= 15 is 0 Å². The number of halogens is 1. The number of pyridine rings is 1. The van der Waals surface area contributed by atoms with Crippen molar-refractivity contribution in [2.24, 2.45) is 0 Å². The van der Waals surface area contributed by atoms with Crippen LogP contribution in [-0.4, -0.2) is 15.0 Å². The zero-order valence-corrected chi connectivity index (χ0v) is 10.1. The van der Waals surface area contributed by atoms with Gasteiger partial charge in [0.25, 0.3) is 0 Å². The van der Waals surface area contributed by atoms with Gasteiger partial charge < -0.3 is 5.32 Å². The van der Waals surface area contributed by atoms with Gasteiger partial charge in [-0.25, -0.2) is 9.97 Å². The van der Waals surface area contributed by atoms with Crippen molar-refractivity contribution in [2.45, 2.75) is 0 Å². The number of anilines is 2. The third-order valence-corrected chi connectivity index (χ3v) is 2.70. The van der Waals surface area contributed by atoms with Crippen molar-refractivity contribution < 1.29 is 0 Å². The first kappa shape index (κ1) is 10.9. The zero-order chi connectivity index (χ0) is 12.4. The van der Waals surface area contributed by atoms with Gasteiger partial charge in [-0.2, -0.15) is 0 Å². The predicted molar refractivity (Wildman–Crippen MR) is 72.1 cm³/mol. The van der Waals surface area contributed by atoms with Gasteiger partial charge in [0.2, 0.25) is 5.95 Å². The highest BCUT2D eigenvalue weighted by atomic mass is 35.5. The Bertz CT molecular complexity index is 682. The van der Waals surface area contributed by atoms with Crippen LogP contribution in [0.4, 0.5) is 11.6 Å². The molecule has 0 aliphatic rings. The van der Waals surface area contributed by atoms with Crippen LogP contribution in [0.5, 0.6) is 0 Å². The Kier molecular flexibility index (Phi) is 2.78. The lowest BCUT2D eigenvalue weighted by atomic mass is 10.3. The molecule has 3 rings (SSSR count). The molecule has 0 aliphatic heterocycles. The van der Waals surface area contributed by atoms with Gasteiger partial charge >= 0.3 is 0 Å². The summed E-state index contributed by atoms with van der Waals surface area (Å²) in [7, 11) is 0. The van der Waals surface area contributed by atoms with Crippen molar-refractivity contribution in [3.8, 4) is 0 Å². The fraction of sp³-hybridized carbons (Fsp3) is 0. The fourth-order valence-corrected chi connectivity index (χ4v) is 1.72. The second-order valence-electron chi connectivity index (χ2n) is 3.73. The molecule has 1 N–H and O–H groups in total. The molecule has 0 spiro atoms. The van der Waals surface area contributed by atoms with Crippen LogP contribution >= 0.6 is 11.6 Å². The van der Waals surface area contributed by atoms with Gasteiger partial charge in [-0.05, 0) is 36.4 Å². The van der Waals surface area contributed by atoms with E-state index in [4.69, 9.17) is 11.6 Å². The summed E-state index contributed by atoms with van der Waals surface area (Å²) in [6.07, 6.45) is 3.42. The third-order valence-electron chi connectivity index (χ3n) is 2.45. The van der Waals surface area contributed by atoms with Crippen LogP contribution in [0.1, 0.15) is 0 Å². The van der Waals surface area contributed by atoms with Crippen molar-refractivity contribution >= 4 is 34.3 Å². The quantitative estimate of drug-likeness (QED) is 0.763. The smallest absolute Gasteiger partial charge is 0.227 e. The number of aromatic nitrogens is 3. The van der Waals surface area contributed by atoms with Crippen LogP contribution in [0, 0.1) is 0 Å². The second-order valence-corrected chi connectivity index (χ2v) is 4.17. The Morgan fingerprint density at radius 2 is 1.78 bits per heavy atom. The fourth-order valence-electron chi connectivity index (χ4n) is 1.59. The number of benzene rings is 1. The van der Waals surface area contributed by atoms with E-state index < -0.39 is 0 Å². The van der Waals surface area contributed by atoms with Gasteiger partial charge in [-0.1, -0.05) is 11.6 Å². The molecule has 5 heteroatoms. The highest BCUT2D eigenvalue weighted by Gasteiger charge is 2.00. The summed E-state index contributed by atoms with van der Waals surface area (Å²) >= 11 is 5.83. The van der Waals surface area contributed by atoms with Crippen molar-refractivity contribution in [3.63, 3.8) is 0 Å². The molecule has 0 radical (unpaired) electrons. The molecule has 3 aromatic rings. The largest absolute Gasteiger partial charge is 0.324 e. The lowest BCUT2D eigenvalue weighted by Crippen LogP contribution is -1.97. The molecule has 0 saturated heterocycles. The molecule has 1 aromatic carbocycles. The average molecular weight is 257 g/mol. The van der Waals surface area contributed by atoms with E-state index in [9.17, 15) is 0 Å². The Labute approximate surface area is 109 Å². The predicted octanol–water partition coefficient (Wildman–Crippen LogP) is 3.42. The number of nitrogens with one attached hydrogen (secondary N) is 1. The summed E-state index contributed by atoms with van der Waals surface area (Å²) in [6.45, 7) is 0. The molecule has 2 aromatic heterocycles. The molecule has 88 valence electrons. The number of hydrogen-bond donors (Lipinski definition) is 1. The minimum atomic E-state index is 0.540. The molecular weight excluding hydrogens is 248 g/mol. The van der Waals surface area contributed by atoms with E-state index in [2.05, 4.69) is 20.3 Å². The van der Waals surface area contributed by atoms with E-state index in [0.29, 0.717) is 11.0 Å². The van der Waals surface area contributed by atoms with Crippen LogP contribution in [0.3, 0.4) is 0 Å². The number of rotatable bonds is 2. The topological polar surface area (TPSA) is 50.7 Å². The maximum absolute atomic E-state index is 5.83. The Balaban J connectivity index is 1.92. The van der Waals surface area contributed by atoms with Crippen molar-refractivity contribution in [3.05, 3.63) is 53.8 Å². The number of nitrogens with zero attached hydrogens (tertiary/aromatic N) is 3. The van der Waals surface area contributed by atoms with Crippen LogP contribution in [0.2, 0.25) is 5.02 Å². The van der Waals surface area contributed by atoms with Gasteiger partial charge in [0, 0.05) is 16.9 Å². The van der Waals surface area contributed by atoms with Crippen LogP contribution in [0.25, 0.3) is 11.0 Å². The molecule has 0 aliphatic carbocycles. The Morgan fingerprint density at radius 1 is 0.944 bits per heavy atom. The number of hydrogen-bond acceptors (Lipinski definition) is 4. The van der Waals surface area contributed by atoms with E-state index in [-0.39, 0.29) is 0 Å². The maximum Gasteiger partial charge on any atom is 0.227 e. The molecule has 0 unspecified atom stereocenters. The molecule has 0 amide bonds. The Morgan fingerprint density at radius 3 is 2.61 bits per heavy atom. The van der Waals surface area contributed by atoms with E-state index in [1.54, 1.807) is 12.4 Å². The minimum Gasteiger partial charge on any atom is -0.324 e. The lowest BCUT2D eigenvalue weighted by molar-refractivity contribution is 1.19. The van der Waals surface area contributed by atoms with E-state index in [1.807, 2.05) is 36.4 Å².